The molecule has 0 unspecified atom stereocenters. The number of halogens is 1. The fourth-order valence-corrected chi connectivity index (χ4v) is 9.15. The summed E-state index contributed by atoms with van der Waals surface area (Å²) in [5.41, 5.74) is -0.874. The van der Waals surface area contributed by atoms with Gasteiger partial charge >= 0.3 is 0 Å². The van der Waals surface area contributed by atoms with Gasteiger partial charge in [0.1, 0.15) is 35.2 Å². The summed E-state index contributed by atoms with van der Waals surface area (Å²) in [6, 6.07) is 8.80. The minimum atomic E-state index is -3.90. The monoisotopic (exact) mass is 807 g/mol. The second-order valence-corrected chi connectivity index (χ2v) is 18.4. The first kappa shape index (κ1) is 38.5. The molecule has 55 heavy (non-hydrogen) atoms. The number of benzene rings is 1. The number of nitrogens with zero attached hydrogens (tertiary/aromatic N) is 4. The van der Waals surface area contributed by atoms with Gasteiger partial charge in [-0.15, -0.1) is 17.9 Å². The number of fused-ring (bicyclic) bond motifs is 1. The maximum absolute atomic E-state index is 14.8. The number of pyridine rings is 2. The van der Waals surface area contributed by atoms with Crippen molar-refractivity contribution >= 4 is 66.6 Å². The maximum atomic E-state index is 14.8. The Kier molecular flexibility index (Phi) is 10.3. The number of thiazole rings is 1. The quantitative estimate of drug-likeness (QED) is 0.155. The van der Waals surface area contributed by atoms with E-state index in [1.54, 1.807) is 24.4 Å². The Balaban J connectivity index is 1.19. The number of hydrogen-bond acceptors (Lipinski definition) is 12. The summed E-state index contributed by atoms with van der Waals surface area (Å²) in [5, 5.41) is 9.61. The lowest BCUT2D eigenvalue weighted by Crippen LogP contribution is -2.58. The molecule has 7 rings (SSSR count). The molecule has 0 bridgehead atoms. The van der Waals surface area contributed by atoms with Crippen molar-refractivity contribution in [1.82, 2.24) is 29.9 Å². The molecular formula is C38H42ClN7O7S2. The van der Waals surface area contributed by atoms with Crippen LogP contribution < -0.4 is 24.8 Å². The lowest BCUT2D eigenvalue weighted by atomic mass is 9.85. The molecule has 4 aromatic rings. The van der Waals surface area contributed by atoms with Crippen molar-refractivity contribution in [3.05, 3.63) is 71.8 Å². The van der Waals surface area contributed by atoms with E-state index in [0.29, 0.717) is 50.9 Å². The lowest BCUT2D eigenvalue weighted by Gasteiger charge is -2.35. The number of anilines is 1. The predicted octanol–water partition coefficient (Wildman–Crippen LogP) is 4.96. The summed E-state index contributed by atoms with van der Waals surface area (Å²) >= 11 is 7.70. The molecule has 3 aliphatic rings. The minimum Gasteiger partial charge on any atom is -0.494 e. The third-order valence-electron chi connectivity index (χ3n) is 10.2. The van der Waals surface area contributed by atoms with Crippen LogP contribution in [-0.2, 0) is 24.4 Å². The van der Waals surface area contributed by atoms with Gasteiger partial charge in [0.2, 0.25) is 27.7 Å². The highest BCUT2D eigenvalue weighted by atomic mass is 35.5. The number of amides is 3. The van der Waals surface area contributed by atoms with E-state index in [1.165, 1.54) is 35.6 Å². The zero-order valence-corrected chi connectivity index (χ0v) is 33.1. The number of methoxy groups -OCH3 is 1. The molecule has 14 nitrogen and oxygen atoms in total. The van der Waals surface area contributed by atoms with E-state index in [9.17, 15) is 22.8 Å². The first-order valence-electron chi connectivity index (χ1n) is 17.9. The summed E-state index contributed by atoms with van der Waals surface area (Å²) in [6.07, 6.45) is 5.14. The number of sulfonamides is 1. The van der Waals surface area contributed by atoms with Crippen molar-refractivity contribution in [2.75, 3.05) is 19.0 Å². The number of nitrogens with one attached hydrogen (secondary N) is 3. The molecule has 3 amide bonds. The number of carbonyl (C=O) groups is 3. The van der Waals surface area contributed by atoms with Gasteiger partial charge in [-0.05, 0) is 55.0 Å². The van der Waals surface area contributed by atoms with E-state index in [2.05, 4.69) is 31.9 Å². The smallest absolute Gasteiger partial charge is 0.259 e. The third-order valence-corrected chi connectivity index (χ3v) is 13.0. The van der Waals surface area contributed by atoms with Crippen LogP contribution in [0, 0.1) is 11.3 Å². The first-order valence-corrected chi connectivity index (χ1v) is 20.7. The van der Waals surface area contributed by atoms with Crippen LogP contribution in [0.3, 0.4) is 0 Å². The summed E-state index contributed by atoms with van der Waals surface area (Å²) in [4.78, 5) is 57.8. The normalized spacial score (nSPS) is 22.8. The van der Waals surface area contributed by atoms with Gasteiger partial charge in [0.25, 0.3) is 5.91 Å². The largest absolute Gasteiger partial charge is 0.494 e. The van der Waals surface area contributed by atoms with Crippen molar-refractivity contribution in [3.63, 3.8) is 0 Å². The molecule has 3 aromatic heterocycles. The molecule has 0 radical (unpaired) electrons. The van der Waals surface area contributed by atoms with Crippen LogP contribution in [0.4, 0.5) is 5.13 Å². The molecule has 17 heteroatoms. The predicted molar refractivity (Wildman–Crippen MR) is 209 cm³/mol. The Morgan fingerprint density at radius 3 is 2.56 bits per heavy atom. The molecule has 3 fully saturated rings. The Hall–Kier alpha value is -4.80. The standard InChI is InChI=1S/C38H42ClN7O7S2/c1-6-21-17-38(21,35(49)45-55(50,51)24-11-12-24)44-32(47)29-16-23(53-33-26-15-22(39)10-13-25(26)30(52-5)18-41-33)19-46(29)34(48)31(37(2,3)4)43-36-42-28(20-54-36)27-9-7-8-14-40-27/h6-10,13-15,18,20-21,23-24,29,31H,1,11-12,16-17,19H2,2-5H3,(H,42,43)(H,44,47)(H,45,49)/t21-,23-,29+,31-,38-/m1/s1. The van der Waals surface area contributed by atoms with Crippen molar-refractivity contribution in [1.29, 1.82) is 0 Å². The van der Waals surface area contributed by atoms with Crippen LogP contribution in [0.1, 0.15) is 46.5 Å². The van der Waals surface area contributed by atoms with E-state index >= 15 is 0 Å². The summed E-state index contributed by atoms with van der Waals surface area (Å²) in [6.45, 7) is 9.52. The summed E-state index contributed by atoms with van der Waals surface area (Å²) < 4.78 is 39.6. The lowest BCUT2D eigenvalue weighted by molar-refractivity contribution is -0.141. The molecule has 1 aliphatic heterocycles. The second-order valence-electron chi connectivity index (χ2n) is 15.2. The van der Waals surface area contributed by atoms with E-state index < -0.39 is 68.1 Å². The van der Waals surface area contributed by atoms with E-state index in [1.807, 2.05) is 44.4 Å². The molecule has 1 saturated heterocycles. The van der Waals surface area contributed by atoms with E-state index in [0.717, 1.165) is 0 Å². The van der Waals surface area contributed by atoms with Gasteiger partial charge in [0.15, 0.2) is 5.13 Å². The summed E-state index contributed by atoms with van der Waals surface area (Å²) in [7, 11) is -2.36. The maximum Gasteiger partial charge on any atom is 0.259 e. The Labute approximate surface area is 328 Å². The van der Waals surface area contributed by atoms with Crippen LogP contribution in [0.25, 0.3) is 22.2 Å². The molecule has 2 saturated carbocycles. The number of aromatic nitrogens is 3. The highest BCUT2D eigenvalue weighted by molar-refractivity contribution is 7.91. The van der Waals surface area contributed by atoms with Gasteiger partial charge in [0.05, 0.1) is 30.8 Å². The van der Waals surface area contributed by atoms with Crippen LogP contribution in [-0.4, -0.2) is 88.6 Å². The molecular weight excluding hydrogens is 766 g/mol. The van der Waals surface area contributed by atoms with Crippen LogP contribution in [0.15, 0.2) is 66.8 Å². The van der Waals surface area contributed by atoms with Crippen molar-refractivity contribution in [2.45, 2.75) is 75.4 Å². The van der Waals surface area contributed by atoms with E-state index in [4.69, 9.17) is 26.1 Å². The fraction of sp³-hybridized carbons (Fsp3) is 0.421. The molecule has 2 aliphatic carbocycles. The average molecular weight is 808 g/mol. The average Bonchev–Trinajstić information content (AvgIpc) is 4.04. The van der Waals surface area contributed by atoms with Gasteiger partial charge < -0.3 is 25.0 Å². The molecule has 0 spiro atoms. The molecule has 5 atom stereocenters. The van der Waals surface area contributed by atoms with Gasteiger partial charge in [0, 0.05) is 39.7 Å². The number of ether oxygens (including phenoxy) is 2. The van der Waals surface area contributed by atoms with Gasteiger partial charge in [-0.1, -0.05) is 44.5 Å². The highest BCUT2D eigenvalue weighted by Gasteiger charge is 2.62. The Morgan fingerprint density at radius 2 is 1.91 bits per heavy atom. The number of likely N-dealkylation sites (tertiary alicyclic amines) is 1. The van der Waals surface area contributed by atoms with Crippen molar-refractivity contribution in [3.8, 4) is 23.0 Å². The second kappa shape index (κ2) is 14.7. The van der Waals surface area contributed by atoms with Gasteiger partial charge in [-0.25, -0.2) is 18.4 Å². The zero-order chi connectivity index (χ0) is 39.3. The highest BCUT2D eigenvalue weighted by Crippen LogP contribution is 2.46. The molecule has 4 heterocycles. The fourth-order valence-electron chi connectivity index (χ4n) is 6.88. The van der Waals surface area contributed by atoms with Crippen molar-refractivity contribution < 1.29 is 32.3 Å². The molecule has 1 aromatic carbocycles. The number of carbonyl (C=O) groups excluding carboxylic acids is 3. The third kappa shape index (κ3) is 7.85. The summed E-state index contributed by atoms with van der Waals surface area (Å²) in [5.74, 6) is -1.60. The zero-order valence-electron chi connectivity index (χ0n) is 30.7. The van der Waals surface area contributed by atoms with Gasteiger partial charge in [-0.2, -0.15) is 0 Å². The van der Waals surface area contributed by atoms with Gasteiger partial charge in [-0.3, -0.25) is 24.1 Å². The van der Waals surface area contributed by atoms with Crippen LogP contribution >= 0.6 is 22.9 Å². The Bertz CT molecular complexity index is 2260. The SMILES string of the molecule is C=C[C@@H]1C[C@]1(NC(=O)[C@@H]1C[C@@H](Oc2ncc(OC)c3ccc(Cl)cc23)CN1C(=O)[C@@H](Nc1nc(-c2ccccn2)cs1)C(C)(C)C)C(=O)NS(=O)(=O)C1CC1. The molecule has 290 valence electrons. The topological polar surface area (TPSA) is 182 Å². The Morgan fingerprint density at radius 1 is 1.13 bits per heavy atom. The van der Waals surface area contributed by atoms with Crippen LogP contribution in [0.2, 0.25) is 5.02 Å². The first-order chi connectivity index (χ1) is 26.1. The minimum absolute atomic E-state index is 0.00184. The number of hydrogen-bond donors (Lipinski definition) is 3. The van der Waals surface area contributed by atoms with Crippen LogP contribution in [0.5, 0.6) is 11.6 Å². The van der Waals surface area contributed by atoms with Crippen molar-refractivity contribution in [2.24, 2.45) is 11.3 Å². The number of rotatable bonds is 13. The molecule has 3 N–H and O–H groups in total. The van der Waals surface area contributed by atoms with E-state index in [-0.39, 0.29) is 25.3 Å².